The molecule has 0 amide bonds. The van der Waals surface area contributed by atoms with Crippen molar-refractivity contribution in [3.63, 3.8) is 0 Å². The summed E-state index contributed by atoms with van der Waals surface area (Å²) >= 11 is 0. The third kappa shape index (κ3) is 3.15. The number of aliphatic hydroxyl groups excluding tert-OH is 1. The Morgan fingerprint density at radius 3 is 3.00 bits per heavy atom. The number of nitrogens with one attached hydrogen (secondary N) is 1. The molecule has 0 unspecified atom stereocenters. The van der Waals surface area contributed by atoms with E-state index in [1.54, 1.807) is 0 Å². The number of aryl methyl sites for hydroxylation is 1. The molecule has 1 aliphatic heterocycles. The number of azide groups is 1. The molecular weight excluding hydrogens is 278 g/mol. The Kier molecular flexibility index (Phi) is 4.79. The maximum atomic E-state index is 11.9. The topological polar surface area (TPSA) is 133 Å². The molecule has 114 valence electrons. The van der Waals surface area contributed by atoms with Gasteiger partial charge in [-0.2, -0.15) is 0 Å². The number of H-pyrrole nitrogens is 1. The summed E-state index contributed by atoms with van der Waals surface area (Å²) < 4.78 is 6.82. The van der Waals surface area contributed by atoms with Gasteiger partial charge in [0.25, 0.3) is 5.56 Å². The van der Waals surface area contributed by atoms with Gasteiger partial charge in [-0.1, -0.05) is 18.5 Å². The summed E-state index contributed by atoms with van der Waals surface area (Å²) in [5.74, 6) is 0. The Labute approximate surface area is 119 Å². The number of rotatable bonds is 5. The molecule has 1 aromatic rings. The Balaban J connectivity index is 2.34. The van der Waals surface area contributed by atoms with E-state index in [1.165, 1.54) is 10.8 Å². The van der Waals surface area contributed by atoms with Crippen LogP contribution in [0.4, 0.5) is 0 Å². The van der Waals surface area contributed by atoms with Crippen molar-refractivity contribution in [1.29, 1.82) is 0 Å². The maximum absolute atomic E-state index is 11.9. The summed E-state index contributed by atoms with van der Waals surface area (Å²) in [6.07, 6.45) is 1.74. The number of aromatic nitrogens is 2. The molecule has 0 aromatic carbocycles. The molecule has 0 aliphatic carbocycles. The standard InChI is InChI=1S/C12H17N5O4/c1-2-3-7-5-17(12(20)14-11(7)19)10-4-8(15-16-13)9(6-18)21-10/h5,8-10,18H,2-4,6H2,1H3,(H,14,19,20)/t8-,9+,10+/m0/s1. The van der Waals surface area contributed by atoms with Gasteiger partial charge in [0.2, 0.25) is 0 Å². The van der Waals surface area contributed by atoms with Crippen LogP contribution in [-0.4, -0.2) is 33.4 Å². The number of hydrogen-bond acceptors (Lipinski definition) is 5. The van der Waals surface area contributed by atoms with Gasteiger partial charge in [0, 0.05) is 23.1 Å². The van der Waals surface area contributed by atoms with E-state index >= 15 is 0 Å². The second kappa shape index (κ2) is 6.57. The van der Waals surface area contributed by atoms with Crippen molar-refractivity contribution >= 4 is 0 Å². The number of nitrogens with zero attached hydrogens (tertiary/aromatic N) is 4. The van der Waals surface area contributed by atoms with Crippen molar-refractivity contribution in [3.8, 4) is 0 Å². The molecule has 21 heavy (non-hydrogen) atoms. The van der Waals surface area contributed by atoms with Gasteiger partial charge in [-0.3, -0.25) is 14.3 Å². The zero-order valence-corrected chi connectivity index (χ0v) is 11.6. The third-order valence-corrected chi connectivity index (χ3v) is 3.46. The molecule has 3 atom stereocenters. The molecule has 9 heteroatoms. The highest BCUT2D eigenvalue weighted by Crippen LogP contribution is 2.29. The van der Waals surface area contributed by atoms with E-state index in [4.69, 9.17) is 10.3 Å². The van der Waals surface area contributed by atoms with Crippen molar-refractivity contribution in [2.75, 3.05) is 6.61 Å². The van der Waals surface area contributed by atoms with Crippen LogP contribution in [-0.2, 0) is 11.2 Å². The first-order valence-electron chi connectivity index (χ1n) is 6.75. The lowest BCUT2D eigenvalue weighted by Gasteiger charge is -2.15. The van der Waals surface area contributed by atoms with Gasteiger partial charge in [-0.05, 0) is 12.0 Å². The number of aromatic amines is 1. The predicted octanol–water partition coefficient (Wildman–Crippen LogP) is 0.448. The summed E-state index contributed by atoms with van der Waals surface area (Å²) in [7, 11) is 0. The lowest BCUT2D eigenvalue weighted by molar-refractivity contribution is -0.0271. The molecule has 1 aliphatic rings. The van der Waals surface area contributed by atoms with E-state index in [9.17, 15) is 14.7 Å². The highest BCUT2D eigenvalue weighted by Gasteiger charge is 2.35. The molecule has 2 heterocycles. The van der Waals surface area contributed by atoms with Crippen molar-refractivity contribution in [3.05, 3.63) is 43.0 Å². The quantitative estimate of drug-likeness (QED) is 0.463. The number of ether oxygens (including phenoxy) is 1. The molecule has 0 bridgehead atoms. The summed E-state index contributed by atoms with van der Waals surface area (Å²) in [5, 5.41) is 12.8. The van der Waals surface area contributed by atoms with E-state index < -0.39 is 29.6 Å². The summed E-state index contributed by atoms with van der Waals surface area (Å²) in [5.41, 5.74) is 8.02. The van der Waals surface area contributed by atoms with Gasteiger partial charge in [-0.25, -0.2) is 4.79 Å². The van der Waals surface area contributed by atoms with Crippen LogP contribution in [0.5, 0.6) is 0 Å². The fourth-order valence-corrected chi connectivity index (χ4v) is 2.43. The van der Waals surface area contributed by atoms with Gasteiger partial charge < -0.3 is 9.84 Å². The van der Waals surface area contributed by atoms with Crippen LogP contribution in [0.3, 0.4) is 0 Å². The summed E-state index contributed by atoms with van der Waals surface area (Å²) in [4.78, 5) is 28.5. The molecule has 9 nitrogen and oxygen atoms in total. The van der Waals surface area contributed by atoms with Crippen molar-refractivity contribution < 1.29 is 9.84 Å². The Hall–Kier alpha value is -2.09. The minimum Gasteiger partial charge on any atom is -0.394 e. The van der Waals surface area contributed by atoms with E-state index in [0.29, 0.717) is 12.0 Å². The zero-order chi connectivity index (χ0) is 15.4. The molecular formula is C12H17N5O4. The van der Waals surface area contributed by atoms with Crippen LogP contribution in [0.1, 0.15) is 31.6 Å². The number of hydrogen-bond donors (Lipinski definition) is 2. The smallest absolute Gasteiger partial charge is 0.330 e. The second-order valence-corrected chi connectivity index (χ2v) is 4.89. The Morgan fingerprint density at radius 1 is 1.62 bits per heavy atom. The molecule has 1 aromatic heterocycles. The van der Waals surface area contributed by atoms with Crippen LogP contribution in [0.15, 0.2) is 20.9 Å². The average molecular weight is 295 g/mol. The van der Waals surface area contributed by atoms with Gasteiger partial charge in [0.1, 0.15) is 6.23 Å². The zero-order valence-electron chi connectivity index (χ0n) is 11.6. The van der Waals surface area contributed by atoms with E-state index in [2.05, 4.69) is 15.0 Å². The van der Waals surface area contributed by atoms with Crippen molar-refractivity contribution in [2.45, 2.75) is 44.6 Å². The largest absolute Gasteiger partial charge is 0.394 e. The van der Waals surface area contributed by atoms with Gasteiger partial charge in [0.05, 0.1) is 18.8 Å². The van der Waals surface area contributed by atoms with Crippen molar-refractivity contribution in [1.82, 2.24) is 9.55 Å². The minimum atomic E-state index is -0.669. The van der Waals surface area contributed by atoms with Crippen LogP contribution in [0.2, 0.25) is 0 Å². The van der Waals surface area contributed by atoms with Crippen LogP contribution >= 0.6 is 0 Å². The maximum Gasteiger partial charge on any atom is 0.330 e. The molecule has 0 saturated carbocycles. The lowest BCUT2D eigenvalue weighted by Crippen LogP contribution is -2.34. The summed E-state index contributed by atoms with van der Waals surface area (Å²) in [6.45, 7) is 1.63. The average Bonchev–Trinajstić information content (AvgIpc) is 2.85. The Morgan fingerprint density at radius 2 is 2.38 bits per heavy atom. The van der Waals surface area contributed by atoms with Gasteiger partial charge in [0.15, 0.2) is 0 Å². The molecule has 0 spiro atoms. The molecule has 2 N–H and O–H groups in total. The predicted molar refractivity (Wildman–Crippen MR) is 73.9 cm³/mol. The first-order chi connectivity index (χ1) is 10.1. The van der Waals surface area contributed by atoms with Gasteiger partial charge >= 0.3 is 5.69 Å². The van der Waals surface area contributed by atoms with E-state index in [1.807, 2.05) is 6.92 Å². The molecule has 0 radical (unpaired) electrons. The molecule has 1 fully saturated rings. The van der Waals surface area contributed by atoms with Crippen LogP contribution in [0, 0.1) is 0 Å². The first-order valence-corrected chi connectivity index (χ1v) is 6.75. The second-order valence-electron chi connectivity index (χ2n) is 4.89. The highest BCUT2D eigenvalue weighted by atomic mass is 16.5. The highest BCUT2D eigenvalue weighted by molar-refractivity contribution is 5.05. The van der Waals surface area contributed by atoms with Crippen LogP contribution < -0.4 is 11.2 Å². The minimum absolute atomic E-state index is 0.271. The van der Waals surface area contributed by atoms with Gasteiger partial charge in [-0.15, -0.1) is 0 Å². The first kappa shape index (κ1) is 15.3. The molecule has 1 saturated heterocycles. The SMILES string of the molecule is CCCc1cn([C@H]2C[C@H](N=[N+]=[N-])[C@@H](CO)O2)c(=O)[nH]c1=O. The normalized spacial score (nSPS) is 24.8. The third-order valence-electron chi connectivity index (χ3n) is 3.46. The van der Waals surface area contributed by atoms with Crippen molar-refractivity contribution in [2.24, 2.45) is 5.11 Å². The molecule has 2 rings (SSSR count). The summed E-state index contributed by atoms with van der Waals surface area (Å²) in [6, 6.07) is -0.543. The van der Waals surface area contributed by atoms with E-state index in [-0.39, 0.29) is 13.0 Å². The monoisotopic (exact) mass is 295 g/mol. The Bertz CT molecular complexity index is 660. The number of aliphatic hydroxyl groups is 1. The fraction of sp³-hybridized carbons (Fsp3) is 0.667. The van der Waals surface area contributed by atoms with Crippen LogP contribution in [0.25, 0.3) is 10.4 Å². The van der Waals surface area contributed by atoms with E-state index in [0.717, 1.165) is 6.42 Å². The lowest BCUT2D eigenvalue weighted by atomic mass is 10.1. The fourth-order valence-electron chi connectivity index (χ4n) is 2.43.